The summed E-state index contributed by atoms with van der Waals surface area (Å²) in [5.41, 5.74) is 2.58. The van der Waals surface area contributed by atoms with Gasteiger partial charge in [0, 0.05) is 17.6 Å². The van der Waals surface area contributed by atoms with Gasteiger partial charge >= 0.3 is 0 Å². The summed E-state index contributed by atoms with van der Waals surface area (Å²) in [5.74, 6) is 0.566. The monoisotopic (exact) mass is 318 g/mol. The molecule has 3 heteroatoms. The molecule has 109 valence electrons. The van der Waals surface area contributed by atoms with Crippen LogP contribution in [0.1, 0.15) is 29.9 Å². The average molecular weight is 319 g/mol. The van der Waals surface area contributed by atoms with Gasteiger partial charge in [-0.05, 0) is 55.1 Å². The van der Waals surface area contributed by atoms with Gasteiger partial charge in [0.1, 0.15) is 0 Å². The highest BCUT2D eigenvalue weighted by Gasteiger charge is 2.22. The Morgan fingerprint density at radius 3 is 2.43 bits per heavy atom. The first kappa shape index (κ1) is 14.9. The van der Waals surface area contributed by atoms with E-state index in [4.69, 9.17) is 23.2 Å². The van der Waals surface area contributed by atoms with Crippen LogP contribution in [0.5, 0.6) is 0 Å². The molecule has 0 atom stereocenters. The molecular formula is C18H18Cl2N. The lowest BCUT2D eigenvalue weighted by atomic mass is 9.89. The van der Waals surface area contributed by atoms with E-state index in [0.29, 0.717) is 5.92 Å². The van der Waals surface area contributed by atoms with Crippen LogP contribution in [-0.2, 0) is 6.54 Å². The van der Waals surface area contributed by atoms with Crippen molar-refractivity contribution in [3.63, 3.8) is 0 Å². The van der Waals surface area contributed by atoms with Gasteiger partial charge < -0.3 is 0 Å². The lowest BCUT2D eigenvalue weighted by molar-refractivity contribution is 0.204. The van der Waals surface area contributed by atoms with Crippen molar-refractivity contribution in [2.45, 2.75) is 25.3 Å². The zero-order valence-corrected chi connectivity index (χ0v) is 13.4. The van der Waals surface area contributed by atoms with Crippen molar-refractivity contribution in [2.75, 3.05) is 13.1 Å². The van der Waals surface area contributed by atoms with Crippen molar-refractivity contribution >= 4 is 23.2 Å². The Labute approximate surface area is 136 Å². The fourth-order valence-electron chi connectivity index (χ4n) is 2.99. The molecule has 1 aliphatic heterocycles. The average Bonchev–Trinajstić information content (AvgIpc) is 2.51. The molecule has 0 spiro atoms. The van der Waals surface area contributed by atoms with Gasteiger partial charge in [-0.1, -0.05) is 53.5 Å². The van der Waals surface area contributed by atoms with E-state index in [1.165, 1.54) is 11.1 Å². The van der Waals surface area contributed by atoms with E-state index in [1.807, 2.05) is 24.3 Å². The van der Waals surface area contributed by atoms with Gasteiger partial charge in [-0.15, -0.1) is 0 Å². The van der Waals surface area contributed by atoms with Gasteiger partial charge in [-0.3, -0.25) is 4.90 Å². The van der Waals surface area contributed by atoms with E-state index in [9.17, 15) is 0 Å². The van der Waals surface area contributed by atoms with E-state index in [2.05, 4.69) is 29.2 Å². The summed E-state index contributed by atoms with van der Waals surface area (Å²) >= 11 is 12.2. The minimum absolute atomic E-state index is 0.566. The van der Waals surface area contributed by atoms with E-state index in [-0.39, 0.29) is 0 Å². The zero-order chi connectivity index (χ0) is 14.7. The highest BCUT2D eigenvalue weighted by Crippen LogP contribution is 2.32. The number of nitrogens with zero attached hydrogens (tertiary/aromatic N) is 1. The summed E-state index contributed by atoms with van der Waals surface area (Å²) in [7, 11) is 0. The highest BCUT2D eigenvalue weighted by atomic mass is 35.5. The maximum Gasteiger partial charge on any atom is 0.0519 e. The normalized spacial score (nSPS) is 17.0. The molecule has 0 aromatic heterocycles. The largest absolute Gasteiger partial charge is 0.299 e. The molecule has 2 aromatic carbocycles. The predicted octanol–water partition coefficient (Wildman–Crippen LogP) is 5.17. The molecule has 0 bridgehead atoms. The van der Waals surface area contributed by atoms with Crippen molar-refractivity contribution < 1.29 is 0 Å². The first-order valence-corrected chi connectivity index (χ1v) is 8.11. The second-order valence-corrected chi connectivity index (χ2v) is 6.43. The predicted molar refractivity (Wildman–Crippen MR) is 89.0 cm³/mol. The molecule has 1 nitrogen and oxygen atoms in total. The van der Waals surface area contributed by atoms with Crippen LogP contribution in [0.15, 0.2) is 42.5 Å². The molecule has 1 aliphatic rings. The van der Waals surface area contributed by atoms with Gasteiger partial charge in [0.25, 0.3) is 0 Å². The topological polar surface area (TPSA) is 3.24 Å². The Morgan fingerprint density at radius 2 is 1.76 bits per heavy atom. The van der Waals surface area contributed by atoms with Gasteiger partial charge in [0.05, 0.1) is 5.02 Å². The fraction of sp³-hybridized carbons (Fsp3) is 0.333. The molecule has 0 saturated carbocycles. The molecule has 2 aromatic rings. The maximum absolute atomic E-state index is 6.26. The number of likely N-dealkylation sites (tertiary alicyclic amines) is 1. The summed E-state index contributed by atoms with van der Waals surface area (Å²) in [6, 6.07) is 17.3. The van der Waals surface area contributed by atoms with E-state index >= 15 is 0 Å². The standard InChI is InChI=1S/C18H18Cl2N/c19-16-7-5-14(6-8-16)13-21-11-9-15(10-12-21)17-3-1-2-4-18(17)20/h1-3,5-8,15H,9-13H2. The smallest absolute Gasteiger partial charge is 0.0519 e. The molecule has 0 amide bonds. The van der Waals surface area contributed by atoms with Crippen molar-refractivity contribution in [3.8, 4) is 0 Å². The van der Waals surface area contributed by atoms with Crippen LogP contribution >= 0.6 is 23.2 Å². The Hall–Kier alpha value is -1.02. The van der Waals surface area contributed by atoms with Crippen LogP contribution in [0.2, 0.25) is 10.0 Å². The lowest BCUT2D eigenvalue weighted by Gasteiger charge is -2.32. The second kappa shape index (κ2) is 6.83. The summed E-state index contributed by atoms with van der Waals surface area (Å²) in [6.07, 6.45) is 2.32. The Kier molecular flexibility index (Phi) is 4.84. The molecule has 1 fully saturated rings. The molecule has 0 unspecified atom stereocenters. The Morgan fingerprint density at radius 1 is 1.05 bits per heavy atom. The van der Waals surface area contributed by atoms with Gasteiger partial charge in [0.2, 0.25) is 0 Å². The van der Waals surface area contributed by atoms with Crippen LogP contribution < -0.4 is 0 Å². The summed E-state index contributed by atoms with van der Waals surface area (Å²) in [6.45, 7) is 3.22. The number of rotatable bonds is 3. The van der Waals surface area contributed by atoms with Crippen LogP contribution in [0.4, 0.5) is 0 Å². The van der Waals surface area contributed by atoms with Crippen molar-refractivity contribution in [3.05, 3.63) is 69.7 Å². The number of hydrogen-bond acceptors (Lipinski definition) is 1. The number of hydrogen-bond donors (Lipinski definition) is 0. The Balaban J connectivity index is 1.58. The van der Waals surface area contributed by atoms with Crippen LogP contribution in [0, 0.1) is 6.07 Å². The number of benzene rings is 2. The van der Waals surface area contributed by atoms with Crippen LogP contribution in [0.25, 0.3) is 0 Å². The van der Waals surface area contributed by atoms with Gasteiger partial charge in [-0.2, -0.15) is 0 Å². The molecule has 1 heterocycles. The third kappa shape index (κ3) is 3.79. The fourth-order valence-corrected chi connectivity index (χ4v) is 3.40. The number of piperidine rings is 1. The van der Waals surface area contributed by atoms with E-state index < -0.39 is 0 Å². The van der Waals surface area contributed by atoms with Gasteiger partial charge in [-0.25, -0.2) is 0 Å². The third-order valence-corrected chi connectivity index (χ3v) is 4.76. The van der Waals surface area contributed by atoms with Crippen molar-refractivity contribution in [1.29, 1.82) is 0 Å². The van der Waals surface area contributed by atoms with E-state index in [1.54, 1.807) is 0 Å². The van der Waals surface area contributed by atoms with Crippen LogP contribution in [0.3, 0.4) is 0 Å². The Bertz CT molecular complexity index is 586. The minimum Gasteiger partial charge on any atom is -0.299 e. The van der Waals surface area contributed by atoms with Gasteiger partial charge in [0.15, 0.2) is 0 Å². The second-order valence-electron chi connectivity index (χ2n) is 5.62. The molecule has 1 radical (unpaired) electrons. The molecule has 21 heavy (non-hydrogen) atoms. The highest BCUT2D eigenvalue weighted by molar-refractivity contribution is 6.31. The zero-order valence-electron chi connectivity index (χ0n) is 11.9. The quantitative estimate of drug-likeness (QED) is 0.754. The summed E-state index contributed by atoms with van der Waals surface area (Å²) in [4.78, 5) is 2.50. The molecule has 0 aliphatic carbocycles. The molecule has 0 N–H and O–H groups in total. The minimum atomic E-state index is 0.566. The maximum atomic E-state index is 6.26. The SMILES string of the molecule is Clc1ccc(CN2CCC(c3ccc[c]c3Cl)CC2)cc1. The third-order valence-electron chi connectivity index (χ3n) is 4.18. The molecular weight excluding hydrogens is 301 g/mol. The molecule has 3 rings (SSSR count). The first-order valence-electron chi connectivity index (χ1n) is 7.35. The van der Waals surface area contributed by atoms with Crippen LogP contribution in [-0.4, -0.2) is 18.0 Å². The van der Waals surface area contributed by atoms with E-state index in [0.717, 1.165) is 42.5 Å². The van der Waals surface area contributed by atoms with Crippen molar-refractivity contribution in [2.24, 2.45) is 0 Å². The lowest BCUT2D eigenvalue weighted by Crippen LogP contribution is -2.32. The summed E-state index contributed by atoms with van der Waals surface area (Å²) in [5, 5.41) is 1.58. The first-order chi connectivity index (χ1) is 10.2. The molecule has 1 saturated heterocycles. The number of halogens is 2. The van der Waals surface area contributed by atoms with Crippen molar-refractivity contribution in [1.82, 2.24) is 4.90 Å². The summed E-state index contributed by atoms with van der Waals surface area (Å²) < 4.78 is 0.